The Bertz CT molecular complexity index is 117. The highest BCUT2D eigenvalue weighted by molar-refractivity contribution is 4.97. The standard InChI is InChI=1S/C8H18O6/c9-1-7(2-10,3-11)8(4-12,5-13)6-14/h9-14H,1-6H2. The van der Waals surface area contributed by atoms with Gasteiger partial charge < -0.3 is 30.6 Å². The molecule has 0 unspecified atom stereocenters. The molecule has 14 heavy (non-hydrogen) atoms. The highest BCUT2D eigenvalue weighted by Crippen LogP contribution is 2.37. The molecular weight excluding hydrogens is 192 g/mol. The van der Waals surface area contributed by atoms with E-state index >= 15 is 0 Å². The first-order valence-electron chi connectivity index (χ1n) is 4.27. The van der Waals surface area contributed by atoms with Gasteiger partial charge in [-0.1, -0.05) is 0 Å². The monoisotopic (exact) mass is 210 g/mol. The first-order chi connectivity index (χ1) is 6.61. The predicted octanol–water partition coefficient (Wildman–Crippen LogP) is -3.09. The van der Waals surface area contributed by atoms with E-state index in [2.05, 4.69) is 0 Å². The van der Waals surface area contributed by atoms with E-state index in [1.807, 2.05) is 0 Å². The Morgan fingerprint density at radius 1 is 0.429 bits per heavy atom. The number of aliphatic hydroxyl groups excluding tert-OH is 6. The molecule has 0 heterocycles. The molecule has 0 aromatic heterocycles. The Hall–Kier alpha value is -0.240. The summed E-state index contributed by atoms with van der Waals surface area (Å²) in [7, 11) is 0. The molecule has 0 aromatic rings. The summed E-state index contributed by atoms with van der Waals surface area (Å²) < 4.78 is 0. The summed E-state index contributed by atoms with van der Waals surface area (Å²) in [6, 6.07) is 0. The second kappa shape index (κ2) is 5.59. The molecule has 0 bridgehead atoms. The van der Waals surface area contributed by atoms with Gasteiger partial charge in [0.2, 0.25) is 0 Å². The van der Waals surface area contributed by atoms with E-state index < -0.39 is 50.5 Å². The van der Waals surface area contributed by atoms with Gasteiger partial charge >= 0.3 is 0 Å². The van der Waals surface area contributed by atoms with Gasteiger partial charge in [-0.25, -0.2) is 0 Å². The molecule has 0 rings (SSSR count). The van der Waals surface area contributed by atoms with Crippen LogP contribution in [0.15, 0.2) is 0 Å². The minimum absolute atomic E-state index is 0.637. The van der Waals surface area contributed by atoms with Crippen LogP contribution in [0, 0.1) is 10.8 Å². The smallest absolute Gasteiger partial charge is 0.0539 e. The van der Waals surface area contributed by atoms with Crippen molar-refractivity contribution >= 4 is 0 Å². The van der Waals surface area contributed by atoms with Crippen molar-refractivity contribution in [2.45, 2.75) is 0 Å². The van der Waals surface area contributed by atoms with Crippen molar-refractivity contribution in [3.05, 3.63) is 0 Å². The highest BCUT2D eigenvalue weighted by Gasteiger charge is 2.49. The lowest BCUT2D eigenvalue weighted by Gasteiger charge is -2.44. The Morgan fingerprint density at radius 2 is 0.571 bits per heavy atom. The Morgan fingerprint density at radius 3 is 0.643 bits per heavy atom. The minimum atomic E-state index is -1.49. The fraction of sp³-hybridized carbons (Fsp3) is 1.00. The average Bonchev–Trinajstić information content (AvgIpc) is 2.27. The largest absolute Gasteiger partial charge is 0.396 e. The fourth-order valence-electron chi connectivity index (χ4n) is 1.31. The maximum absolute atomic E-state index is 9.05. The first-order valence-corrected chi connectivity index (χ1v) is 4.27. The van der Waals surface area contributed by atoms with Crippen LogP contribution in [-0.4, -0.2) is 70.3 Å². The number of rotatable bonds is 7. The molecule has 0 spiro atoms. The summed E-state index contributed by atoms with van der Waals surface area (Å²) in [5.74, 6) is 0. The summed E-state index contributed by atoms with van der Waals surface area (Å²) >= 11 is 0. The molecule has 0 radical (unpaired) electrons. The van der Waals surface area contributed by atoms with E-state index in [1.165, 1.54) is 0 Å². The topological polar surface area (TPSA) is 121 Å². The molecule has 0 saturated heterocycles. The van der Waals surface area contributed by atoms with Crippen LogP contribution >= 0.6 is 0 Å². The SMILES string of the molecule is OCC(CO)(CO)C(CO)(CO)CO. The molecule has 0 aliphatic carbocycles. The van der Waals surface area contributed by atoms with Crippen molar-refractivity contribution in [3.8, 4) is 0 Å². The third-order valence-electron chi connectivity index (χ3n) is 2.94. The predicted molar refractivity (Wildman–Crippen MR) is 47.4 cm³/mol. The minimum Gasteiger partial charge on any atom is -0.396 e. The maximum atomic E-state index is 9.05. The van der Waals surface area contributed by atoms with Gasteiger partial charge in [-0.15, -0.1) is 0 Å². The van der Waals surface area contributed by atoms with Crippen molar-refractivity contribution in [2.75, 3.05) is 39.6 Å². The highest BCUT2D eigenvalue weighted by atomic mass is 16.3. The number of hydrogen-bond acceptors (Lipinski definition) is 6. The summed E-state index contributed by atoms with van der Waals surface area (Å²) in [4.78, 5) is 0. The summed E-state index contributed by atoms with van der Waals surface area (Å²) in [5, 5.41) is 54.3. The van der Waals surface area contributed by atoms with Crippen LogP contribution < -0.4 is 0 Å². The Balaban J connectivity index is 5.08. The van der Waals surface area contributed by atoms with Crippen LogP contribution in [0.2, 0.25) is 0 Å². The van der Waals surface area contributed by atoms with E-state index in [-0.39, 0.29) is 0 Å². The van der Waals surface area contributed by atoms with Crippen LogP contribution in [0.25, 0.3) is 0 Å². The molecule has 0 fully saturated rings. The molecule has 86 valence electrons. The number of aliphatic hydroxyl groups is 6. The van der Waals surface area contributed by atoms with Gasteiger partial charge in [-0.2, -0.15) is 0 Å². The summed E-state index contributed by atoms with van der Waals surface area (Å²) in [5.41, 5.74) is -2.99. The Kier molecular flexibility index (Phi) is 5.50. The van der Waals surface area contributed by atoms with Crippen molar-refractivity contribution in [1.29, 1.82) is 0 Å². The third kappa shape index (κ3) is 1.90. The number of hydrogen-bond donors (Lipinski definition) is 6. The van der Waals surface area contributed by atoms with Gasteiger partial charge in [0.25, 0.3) is 0 Å². The van der Waals surface area contributed by atoms with Gasteiger partial charge in [-0.3, -0.25) is 0 Å². The van der Waals surface area contributed by atoms with Crippen molar-refractivity contribution in [1.82, 2.24) is 0 Å². The molecule has 6 nitrogen and oxygen atoms in total. The molecule has 6 N–H and O–H groups in total. The second-order valence-electron chi connectivity index (χ2n) is 3.51. The van der Waals surface area contributed by atoms with E-state index in [9.17, 15) is 0 Å². The summed E-state index contributed by atoms with van der Waals surface area (Å²) in [6.07, 6.45) is 0. The molecule has 0 aromatic carbocycles. The van der Waals surface area contributed by atoms with Crippen LogP contribution in [0.3, 0.4) is 0 Å². The van der Waals surface area contributed by atoms with Gasteiger partial charge in [0.15, 0.2) is 0 Å². The maximum Gasteiger partial charge on any atom is 0.0539 e. The molecule has 0 amide bonds. The molecule has 0 atom stereocenters. The van der Waals surface area contributed by atoms with Gasteiger partial charge in [0, 0.05) is 0 Å². The van der Waals surface area contributed by atoms with Gasteiger partial charge in [0.05, 0.1) is 50.5 Å². The van der Waals surface area contributed by atoms with E-state index in [0.717, 1.165) is 0 Å². The van der Waals surface area contributed by atoms with Crippen molar-refractivity contribution < 1.29 is 30.6 Å². The molecular formula is C8H18O6. The Labute approximate surface area is 82.1 Å². The van der Waals surface area contributed by atoms with Crippen LogP contribution in [0.5, 0.6) is 0 Å². The van der Waals surface area contributed by atoms with Crippen molar-refractivity contribution in [3.63, 3.8) is 0 Å². The molecule has 6 heteroatoms. The normalized spacial score (nSPS) is 13.3. The zero-order chi connectivity index (χ0) is 11.2. The van der Waals surface area contributed by atoms with E-state index in [4.69, 9.17) is 30.6 Å². The fourth-order valence-corrected chi connectivity index (χ4v) is 1.31. The lowest BCUT2D eigenvalue weighted by Crippen LogP contribution is -2.56. The zero-order valence-corrected chi connectivity index (χ0v) is 7.93. The van der Waals surface area contributed by atoms with E-state index in [0.29, 0.717) is 0 Å². The lowest BCUT2D eigenvalue weighted by molar-refractivity contribution is -0.155. The van der Waals surface area contributed by atoms with Crippen LogP contribution in [-0.2, 0) is 0 Å². The van der Waals surface area contributed by atoms with Gasteiger partial charge in [0.1, 0.15) is 0 Å². The first kappa shape index (κ1) is 13.8. The quantitative estimate of drug-likeness (QED) is 0.265. The van der Waals surface area contributed by atoms with Crippen LogP contribution in [0.1, 0.15) is 0 Å². The summed E-state index contributed by atoms with van der Waals surface area (Å²) in [6.45, 7) is -3.82. The van der Waals surface area contributed by atoms with E-state index in [1.54, 1.807) is 0 Å². The zero-order valence-electron chi connectivity index (χ0n) is 7.93. The molecule has 0 aliphatic rings. The van der Waals surface area contributed by atoms with Crippen molar-refractivity contribution in [2.24, 2.45) is 10.8 Å². The second-order valence-corrected chi connectivity index (χ2v) is 3.51. The lowest BCUT2D eigenvalue weighted by atomic mass is 9.65. The van der Waals surface area contributed by atoms with Gasteiger partial charge in [-0.05, 0) is 0 Å². The average molecular weight is 210 g/mol. The third-order valence-corrected chi connectivity index (χ3v) is 2.94. The molecule has 0 aliphatic heterocycles. The molecule has 0 saturated carbocycles. The van der Waals surface area contributed by atoms with Crippen LogP contribution in [0.4, 0.5) is 0 Å².